The van der Waals surface area contributed by atoms with Gasteiger partial charge in [0.15, 0.2) is 17.3 Å². The summed E-state index contributed by atoms with van der Waals surface area (Å²) in [7, 11) is 0. The average molecular weight is 408 g/mol. The second-order valence-electron chi connectivity index (χ2n) is 7.97. The molecule has 1 amide bonds. The van der Waals surface area contributed by atoms with Gasteiger partial charge in [-0.15, -0.1) is 0 Å². The summed E-state index contributed by atoms with van der Waals surface area (Å²) in [6.07, 6.45) is 1.52. The fourth-order valence-electron chi connectivity index (χ4n) is 4.10. The largest absolute Gasteiger partial charge is 0.486 e. The lowest BCUT2D eigenvalue weighted by atomic mass is 9.88. The van der Waals surface area contributed by atoms with Gasteiger partial charge in [-0.05, 0) is 56.6 Å². The predicted octanol–water partition coefficient (Wildman–Crippen LogP) is 3.23. The highest BCUT2D eigenvalue weighted by Crippen LogP contribution is 2.32. The van der Waals surface area contributed by atoms with Gasteiger partial charge >= 0.3 is 0 Å². The molecule has 2 aliphatic rings. The Labute approximate surface area is 177 Å². The normalized spacial score (nSPS) is 17.9. The molecule has 30 heavy (non-hydrogen) atoms. The fourth-order valence-corrected chi connectivity index (χ4v) is 4.10. The maximum absolute atomic E-state index is 12.9. The number of likely N-dealkylation sites (tertiary alicyclic amines) is 1. The second-order valence-corrected chi connectivity index (χ2v) is 7.97. The number of ether oxygens (including phenoxy) is 2. The molecule has 0 saturated carbocycles. The summed E-state index contributed by atoms with van der Waals surface area (Å²) < 4.78 is 11.1. The van der Waals surface area contributed by atoms with E-state index in [1.54, 1.807) is 6.07 Å². The number of piperidine rings is 1. The van der Waals surface area contributed by atoms with Gasteiger partial charge in [-0.25, -0.2) is 0 Å². The van der Waals surface area contributed by atoms with E-state index in [0.29, 0.717) is 36.8 Å². The van der Waals surface area contributed by atoms with Gasteiger partial charge in [0.05, 0.1) is 12.6 Å². The highest BCUT2D eigenvalue weighted by Gasteiger charge is 2.27. The minimum Gasteiger partial charge on any atom is -0.486 e. The molecule has 0 aliphatic carbocycles. The van der Waals surface area contributed by atoms with Crippen molar-refractivity contribution in [3.63, 3.8) is 0 Å². The van der Waals surface area contributed by atoms with E-state index in [0.717, 1.165) is 31.5 Å². The molecule has 1 atom stereocenters. The minimum atomic E-state index is -0.0203. The third kappa shape index (κ3) is 4.82. The molecule has 4 rings (SSSR count). The summed E-state index contributed by atoms with van der Waals surface area (Å²) >= 11 is 0. The number of hydrogen-bond donors (Lipinski definition) is 1. The van der Waals surface area contributed by atoms with Gasteiger partial charge in [-0.2, -0.15) is 0 Å². The lowest BCUT2D eigenvalue weighted by Gasteiger charge is -2.31. The number of amides is 1. The summed E-state index contributed by atoms with van der Waals surface area (Å²) in [5.74, 6) is 1.49. The van der Waals surface area contributed by atoms with Crippen molar-refractivity contribution in [1.29, 1.82) is 0 Å². The number of carbonyl (C=O) groups excluding carboxylic acids is 2. The van der Waals surface area contributed by atoms with Crippen LogP contribution in [0.5, 0.6) is 11.5 Å². The zero-order valence-corrected chi connectivity index (χ0v) is 17.3. The molecule has 2 aliphatic heterocycles. The van der Waals surface area contributed by atoms with Crippen LogP contribution in [0.4, 0.5) is 0 Å². The van der Waals surface area contributed by atoms with E-state index in [1.807, 2.05) is 49.4 Å². The monoisotopic (exact) mass is 408 g/mol. The molecule has 0 unspecified atom stereocenters. The molecule has 6 heteroatoms. The number of nitrogens with one attached hydrogen (secondary N) is 1. The molecule has 0 spiro atoms. The number of nitrogens with zero attached hydrogens (tertiary/aromatic N) is 1. The number of ketones is 1. The van der Waals surface area contributed by atoms with E-state index in [-0.39, 0.29) is 23.7 Å². The van der Waals surface area contributed by atoms with Crippen molar-refractivity contribution in [1.82, 2.24) is 10.2 Å². The van der Waals surface area contributed by atoms with Crippen LogP contribution in [0, 0.1) is 5.92 Å². The molecule has 1 saturated heterocycles. The van der Waals surface area contributed by atoms with Crippen LogP contribution < -0.4 is 14.8 Å². The zero-order chi connectivity index (χ0) is 20.9. The number of rotatable bonds is 6. The summed E-state index contributed by atoms with van der Waals surface area (Å²) in [6.45, 7) is 4.89. The Morgan fingerprint density at radius 1 is 1.03 bits per heavy atom. The molecule has 0 bridgehead atoms. The van der Waals surface area contributed by atoms with E-state index in [2.05, 4.69) is 10.2 Å². The first kappa shape index (κ1) is 20.4. The van der Waals surface area contributed by atoms with Crippen molar-refractivity contribution in [2.24, 2.45) is 5.92 Å². The lowest BCUT2D eigenvalue weighted by Crippen LogP contribution is -2.43. The number of Topliss-reactive ketones (excluding diaryl/α,β-unsaturated/α-hetero) is 1. The highest BCUT2D eigenvalue weighted by atomic mass is 16.6. The van der Waals surface area contributed by atoms with Crippen LogP contribution in [0.15, 0.2) is 48.5 Å². The van der Waals surface area contributed by atoms with Crippen LogP contribution in [0.25, 0.3) is 0 Å². The Balaban J connectivity index is 1.26. The van der Waals surface area contributed by atoms with Gasteiger partial charge in [0.1, 0.15) is 13.2 Å². The van der Waals surface area contributed by atoms with E-state index >= 15 is 0 Å². The summed E-state index contributed by atoms with van der Waals surface area (Å²) in [6, 6.07) is 15.3. The SMILES string of the molecule is C[C@H](NC(=O)CN1CCC(C(=O)c2ccc3c(c2)OCCO3)CC1)c1ccccc1. The number of carbonyl (C=O) groups is 2. The summed E-state index contributed by atoms with van der Waals surface area (Å²) in [4.78, 5) is 27.5. The Bertz CT molecular complexity index is 891. The van der Waals surface area contributed by atoms with Crippen LogP contribution in [0.3, 0.4) is 0 Å². The lowest BCUT2D eigenvalue weighted by molar-refractivity contribution is -0.123. The summed E-state index contributed by atoms with van der Waals surface area (Å²) in [5, 5.41) is 3.06. The first-order valence-electron chi connectivity index (χ1n) is 10.6. The van der Waals surface area contributed by atoms with Crippen molar-refractivity contribution < 1.29 is 19.1 Å². The van der Waals surface area contributed by atoms with Crippen molar-refractivity contribution in [3.05, 3.63) is 59.7 Å². The third-order valence-electron chi connectivity index (χ3n) is 5.83. The summed E-state index contributed by atoms with van der Waals surface area (Å²) in [5.41, 5.74) is 1.77. The van der Waals surface area contributed by atoms with Crippen LogP contribution >= 0.6 is 0 Å². The first-order valence-corrected chi connectivity index (χ1v) is 10.6. The van der Waals surface area contributed by atoms with Gasteiger partial charge < -0.3 is 14.8 Å². The Morgan fingerprint density at radius 2 is 1.73 bits per heavy atom. The van der Waals surface area contributed by atoms with Gasteiger partial charge in [0.2, 0.25) is 5.91 Å². The Morgan fingerprint density at radius 3 is 2.47 bits per heavy atom. The second kappa shape index (κ2) is 9.30. The number of hydrogen-bond acceptors (Lipinski definition) is 5. The van der Waals surface area contributed by atoms with Crippen molar-refractivity contribution >= 4 is 11.7 Å². The zero-order valence-electron chi connectivity index (χ0n) is 17.3. The van der Waals surface area contributed by atoms with Crippen LogP contribution in [-0.2, 0) is 4.79 Å². The molecule has 2 heterocycles. The molecule has 0 radical (unpaired) electrons. The third-order valence-corrected chi connectivity index (χ3v) is 5.83. The van der Waals surface area contributed by atoms with E-state index in [9.17, 15) is 9.59 Å². The van der Waals surface area contributed by atoms with Crippen LogP contribution in [0.2, 0.25) is 0 Å². The van der Waals surface area contributed by atoms with E-state index < -0.39 is 0 Å². The fraction of sp³-hybridized carbons (Fsp3) is 0.417. The Hall–Kier alpha value is -2.86. The Kier molecular flexibility index (Phi) is 6.33. The number of benzene rings is 2. The van der Waals surface area contributed by atoms with Gasteiger partial charge in [0.25, 0.3) is 0 Å². The average Bonchev–Trinajstić information content (AvgIpc) is 2.79. The molecule has 1 N–H and O–H groups in total. The van der Waals surface area contributed by atoms with Crippen molar-refractivity contribution in [3.8, 4) is 11.5 Å². The maximum atomic E-state index is 12.9. The molecular formula is C24H28N2O4. The molecular weight excluding hydrogens is 380 g/mol. The van der Waals surface area contributed by atoms with Gasteiger partial charge in [0, 0.05) is 11.5 Å². The van der Waals surface area contributed by atoms with E-state index in [1.165, 1.54) is 0 Å². The van der Waals surface area contributed by atoms with Crippen molar-refractivity contribution in [2.45, 2.75) is 25.8 Å². The highest BCUT2D eigenvalue weighted by molar-refractivity contribution is 5.98. The van der Waals surface area contributed by atoms with Crippen molar-refractivity contribution in [2.75, 3.05) is 32.8 Å². The molecule has 2 aromatic carbocycles. The molecule has 1 fully saturated rings. The topological polar surface area (TPSA) is 67.9 Å². The molecule has 0 aromatic heterocycles. The molecule has 2 aromatic rings. The number of fused-ring (bicyclic) bond motifs is 1. The maximum Gasteiger partial charge on any atom is 0.234 e. The van der Waals surface area contributed by atoms with Gasteiger partial charge in [-0.3, -0.25) is 14.5 Å². The molecule has 6 nitrogen and oxygen atoms in total. The smallest absolute Gasteiger partial charge is 0.234 e. The first-order chi connectivity index (χ1) is 14.6. The molecule has 158 valence electrons. The quantitative estimate of drug-likeness (QED) is 0.744. The van der Waals surface area contributed by atoms with Gasteiger partial charge in [-0.1, -0.05) is 30.3 Å². The van der Waals surface area contributed by atoms with Crippen LogP contribution in [0.1, 0.15) is 41.7 Å². The van der Waals surface area contributed by atoms with Crippen LogP contribution in [-0.4, -0.2) is 49.4 Å². The van der Waals surface area contributed by atoms with E-state index in [4.69, 9.17) is 9.47 Å². The minimum absolute atomic E-state index is 0.0166. The standard InChI is InChI=1S/C24H28N2O4/c1-17(18-5-3-2-4-6-18)25-23(27)16-26-11-9-19(10-12-26)24(28)20-7-8-21-22(15-20)30-14-13-29-21/h2-8,15,17,19H,9-14,16H2,1H3,(H,25,27)/t17-/m0/s1. The predicted molar refractivity (Wildman–Crippen MR) is 114 cm³/mol.